The van der Waals surface area contributed by atoms with Gasteiger partial charge in [0.25, 0.3) is 0 Å². The molecule has 0 radical (unpaired) electrons. The van der Waals surface area contributed by atoms with Crippen LogP contribution in [0.5, 0.6) is 0 Å². The quantitative estimate of drug-likeness (QED) is 0.425. The Morgan fingerprint density at radius 2 is 0.950 bits per heavy atom. The Labute approximate surface area is 108 Å². The first-order chi connectivity index (χ1) is 9.32. The summed E-state index contributed by atoms with van der Waals surface area (Å²) in [7, 11) is 0. The fraction of sp³-hybridized carbons (Fsp3) is 0.231. The van der Waals surface area contributed by atoms with Crippen LogP contribution in [-0.4, -0.2) is 0 Å². The van der Waals surface area contributed by atoms with E-state index >= 15 is 0 Å². The van der Waals surface area contributed by atoms with Gasteiger partial charge in [-0.15, -0.1) is 0 Å². The third-order valence-corrected chi connectivity index (χ3v) is 2.94. The fourth-order valence-electron chi connectivity index (χ4n) is 2.05. The molecule has 0 aliphatic heterocycles. The van der Waals surface area contributed by atoms with E-state index in [1.54, 1.807) is 0 Å². The lowest BCUT2D eigenvalue weighted by Gasteiger charge is -2.12. The van der Waals surface area contributed by atoms with Gasteiger partial charge in [0.1, 0.15) is 0 Å². The standard InChI is InChI=1S/C13H7F7/c1-2-3-4-5-6(9(16)11(18)7(4)14)10(17)13(20)12(19)8(5)15/h2-3H2,1H3. The van der Waals surface area contributed by atoms with Gasteiger partial charge in [-0.2, -0.15) is 0 Å². The van der Waals surface area contributed by atoms with Crippen LogP contribution < -0.4 is 0 Å². The van der Waals surface area contributed by atoms with Gasteiger partial charge in [0.15, 0.2) is 40.7 Å². The maximum Gasteiger partial charge on any atom is 0.198 e. The van der Waals surface area contributed by atoms with Crippen LogP contribution in [-0.2, 0) is 6.42 Å². The molecule has 0 aromatic heterocycles. The van der Waals surface area contributed by atoms with E-state index in [2.05, 4.69) is 0 Å². The van der Waals surface area contributed by atoms with Crippen LogP contribution in [0.2, 0.25) is 0 Å². The van der Waals surface area contributed by atoms with Crippen molar-refractivity contribution in [2.24, 2.45) is 0 Å². The molecule has 0 nitrogen and oxygen atoms in total. The van der Waals surface area contributed by atoms with Gasteiger partial charge >= 0.3 is 0 Å². The molecule has 20 heavy (non-hydrogen) atoms. The number of benzene rings is 2. The Bertz CT molecular complexity index is 698. The largest absolute Gasteiger partial charge is 0.203 e. The van der Waals surface area contributed by atoms with Gasteiger partial charge in [-0.05, 0) is 6.42 Å². The molecule has 0 aliphatic carbocycles. The monoisotopic (exact) mass is 296 g/mol. The molecule has 0 aliphatic rings. The van der Waals surface area contributed by atoms with Crippen LogP contribution in [0.1, 0.15) is 18.9 Å². The maximum atomic E-state index is 13.7. The molecule has 2 aromatic rings. The molecular formula is C13H7F7. The Kier molecular flexibility index (Phi) is 3.62. The van der Waals surface area contributed by atoms with Crippen molar-refractivity contribution in [3.05, 3.63) is 46.3 Å². The molecule has 0 saturated heterocycles. The van der Waals surface area contributed by atoms with Gasteiger partial charge < -0.3 is 0 Å². The van der Waals surface area contributed by atoms with Gasteiger partial charge in [0.2, 0.25) is 0 Å². The predicted molar refractivity (Wildman–Crippen MR) is 57.6 cm³/mol. The first kappa shape index (κ1) is 14.6. The van der Waals surface area contributed by atoms with Crippen LogP contribution in [0.4, 0.5) is 30.7 Å². The van der Waals surface area contributed by atoms with Crippen molar-refractivity contribution >= 4 is 10.8 Å². The van der Waals surface area contributed by atoms with Crippen LogP contribution in [0.15, 0.2) is 0 Å². The normalized spacial score (nSPS) is 11.4. The number of halogens is 7. The van der Waals surface area contributed by atoms with Gasteiger partial charge in [-0.3, -0.25) is 0 Å². The van der Waals surface area contributed by atoms with Crippen molar-refractivity contribution in [1.29, 1.82) is 0 Å². The SMILES string of the molecule is CCCc1c(F)c(F)c(F)c2c(F)c(F)c(F)c(F)c12. The smallest absolute Gasteiger partial charge is 0.198 e. The van der Waals surface area contributed by atoms with E-state index in [4.69, 9.17) is 0 Å². The van der Waals surface area contributed by atoms with E-state index in [0.29, 0.717) is 0 Å². The van der Waals surface area contributed by atoms with Crippen molar-refractivity contribution in [3.63, 3.8) is 0 Å². The van der Waals surface area contributed by atoms with Gasteiger partial charge in [0.05, 0.1) is 5.39 Å². The zero-order chi connectivity index (χ0) is 15.2. The summed E-state index contributed by atoms with van der Waals surface area (Å²) in [5, 5.41) is -2.54. The van der Waals surface area contributed by atoms with Crippen molar-refractivity contribution in [2.45, 2.75) is 19.8 Å². The molecule has 0 heterocycles. The summed E-state index contributed by atoms with van der Waals surface area (Å²) in [4.78, 5) is 0. The van der Waals surface area contributed by atoms with E-state index in [9.17, 15) is 30.7 Å². The molecule has 0 amide bonds. The highest BCUT2D eigenvalue weighted by molar-refractivity contribution is 5.88. The Balaban J connectivity index is 3.13. The van der Waals surface area contributed by atoms with Crippen molar-refractivity contribution in [2.75, 3.05) is 0 Å². The second-order valence-electron chi connectivity index (χ2n) is 4.18. The molecule has 0 N–H and O–H groups in total. The van der Waals surface area contributed by atoms with E-state index in [1.807, 2.05) is 0 Å². The molecule has 2 aromatic carbocycles. The van der Waals surface area contributed by atoms with E-state index < -0.39 is 57.1 Å². The summed E-state index contributed by atoms with van der Waals surface area (Å²) >= 11 is 0. The molecule has 0 atom stereocenters. The van der Waals surface area contributed by atoms with Crippen LogP contribution in [0.25, 0.3) is 10.8 Å². The van der Waals surface area contributed by atoms with Crippen molar-refractivity contribution < 1.29 is 30.7 Å². The first-order valence-corrected chi connectivity index (χ1v) is 5.63. The van der Waals surface area contributed by atoms with Gasteiger partial charge in [0, 0.05) is 10.9 Å². The number of hydrogen-bond donors (Lipinski definition) is 0. The third kappa shape index (κ3) is 1.83. The lowest BCUT2D eigenvalue weighted by Crippen LogP contribution is -2.07. The average Bonchev–Trinajstić information content (AvgIpc) is 2.43. The minimum absolute atomic E-state index is 0.178. The zero-order valence-electron chi connectivity index (χ0n) is 10.1. The molecule has 0 fully saturated rings. The van der Waals surface area contributed by atoms with Crippen LogP contribution in [0.3, 0.4) is 0 Å². The summed E-state index contributed by atoms with van der Waals surface area (Å²) in [6.45, 7) is 1.51. The topological polar surface area (TPSA) is 0 Å². The summed E-state index contributed by atoms with van der Waals surface area (Å²) in [5.74, 6) is -14.4. The summed E-state index contributed by atoms with van der Waals surface area (Å²) in [6, 6.07) is 0. The fourth-order valence-corrected chi connectivity index (χ4v) is 2.05. The average molecular weight is 296 g/mol. The van der Waals surface area contributed by atoms with Gasteiger partial charge in [-0.25, -0.2) is 30.7 Å². The van der Waals surface area contributed by atoms with E-state index in [-0.39, 0.29) is 12.8 Å². The highest BCUT2D eigenvalue weighted by Gasteiger charge is 2.29. The number of aryl methyl sites for hydroxylation is 1. The van der Waals surface area contributed by atoms with Gasteiger partial charge in [-0.1, -0.05) is 13.3 Å². The number of fused-ring (bicyclic) bond motifs is 1. The summed E-state index contributed by atoms with van der Waals surface area (Å²) in [6.07, 6.45) is -0.113. The second-order valence-corrected chi connectivity index (χ2v) is 4.18. The molecule has 7 heteroatoms. The minimum atomic E-state index is -2.28. The first-order valence-electron chi connectivity index (χ1n) is 5.63. The summed E-state index contributed by atoms with van der Waals surface area (Å²) < 4.78 is 93.9. The molecule has 108 valence electrons. The number of rotatable bonds is 2. The highest BCUT2D eigenvalue weighted by atomic mass is 19.2. The molecule has 0 unspecified atom stereocenters. The molecule has 2 rings (SSSR count). The Morgan fingerprint density at radius 1 is 0.550 bits per heavy atom. The maximum absolute atomic E-state index is 13.7. The summed E-state index contributed by atoms with van der Waals surface area (Å²) in [5.41, 5.74) is -0.725. The molecule has 0 saturated carbocycles. The highest BCUT2D eigenvalue weighted by Crippen LogP contribution is 2.35. The molecule has 0 bridgehead atoms. The third-order valence-electron chi connectivity index (χ3n) is 2.94. The van der Waals surface area contributed by atoms with Crippen molar-refractivity contribution in [3.8, 4) is 0 Å². The lowest BCUT2D eigenvalue weighted by molar-refractivity contribution is 0.408. The van der Waals surface area contributed by atoms with Crippen LogP contribution >= 0.6 is 0 Å². The molecular weight excluding hydrogens is 289 g/mol. The Hall–Kier alpha value is -1.79. The second kappa shape index (κ2) is 4.96. The lowest BCUT2D eigenvalue weighted by atomic mass is 9.98. The predicted octanol–water partition coefficient (Wildman–Crippen LogP) is 4.77. The number of hydrogen-bond acceptors (Lipinski definition) is 0. The van der Waals surface area contributed by atoms with E-state index in [1.165, 1.54) is 6.92 Å². The molecule has 0 spiro atoms. The Morgan fingerprint density at radius 3 is 1.40 bits per heavy atom. The van der Waals surface area contributed by atoms with Crippen LogP contribution in [0, 0.1) is 40.7 Å². The zero-order valence-corrected chi connectivity index (χ0v) is 10.1. The minimum Gasteiger partial charge on any atom is -0.203 e. The van der Waals surface area contributed by atoms with Crippen molar-refractivity contribution in [1.82, 2.24) is 0 Å². The van der Waals surface area contributed by atoms with E-state index in [0.717, 1.165) is 0 Å².